The van der Waals surface area contributed by atoms with Gasteiger partial charge < -0.3 is 10.2 Å². The Morgan fingerprint density at radius 1 is 1.11 bits per heavy atom. The summed E-state index contributed by atoms with van der Waals surface area (Å²) in [7, 11) is 3.87. The predicted octanol–water partition coefficient (Wildman–Crippen LogP) is 0.929. The van der Waals surface area contributed by atoms with Crippen LogP contribution >= 0.6 is 0 Å². The van der Waals surface area contributed by atoms with Crippen molar-refractivity contribution in [1.29, 1.82) is 0 Å². The molecular formula is C14H27N3O. The number of hydrogen-bond acceptors (Lipinski definition) is 3. The average Bonchev–Trinajstić information content (AvgIpc) is 2.61. The van der Waals surface area contributed by atoms with Gasteiger partial charge in [-0.15, -0.1) is 0 Å². The monoisotopic (exact) mass is 253 g/mol. The summed E-state index contributed by atoms with van der Waals surface area (Å²) < 4.78 is 0. The van der Waals surface area contributed by atoms with Gasteiger partial charge in [-0.25, -0.2) is 0 Å². The molecule has 18 heavy (non-hydrogen) atoms. The van der Waals surface area contributed by atoms with Gasteiger partial charge in [-0.3, -0.25) is 9.69 Å². The van der Waals surface area contributed by atoms with Gasteiger partial charge >= 0.3 is 0 Å². The van der Waals surface area contributed by atoms with Crippen molar-refractivity contribution in [1.82, 2.24) is 15.1 Å². The van der Waals surface area contributed by atoms with Gasteiger partial charge in [-0.2, -0.15) is 0 Å². The highest BCUT2D eigenvalue weighted by atomic mass is 16.1. The maximum atomic E-state index is 11.9. The fourth-order valence-corrected chi connectivity index (χ4v) is 3.35. The smallest absolute Gasteiger partial charge is 0.225 e. The minimum Gasteiger partial charge on any atom is -0.359 e. The van der Waals surface area contributed by atoms with Crippen LogP contribution < -0.4 is 5.32 Å². The number of carbonyl (C=O) groups is 1. The van der Waals surface area contributed by atoms with Crippen LogP contribution in [0.25, 0.3) is 0 Å². The quantitative estimate of drug-likeness (QED) is 0.795. The second kappa shape index (κ2) is 6.53. The van der Waals surface area contributed by atoms with Crippen LogP contribution in [0.15, 0.2) is 0 Å². The molecule has 1 N–H and O–H groups in total. The average molecular weight is 253 g/mol. The Balaban J connectivity index is 1.99. The highest BCUT2D eigenvalue weighted by molar-refractivity contribution is 5.78. The van der Waals surface area contributed by atoms with Gasteiger partial charge in [0.2, 0.25) is 5.91 Å². The molecule has 0 aromatic heterocycles. The molecule has 0 aromatic rings. The SMILES string of the molecule is CNC(=O)[C@@H]1CN(C)CCN(C2CCCCC2)C1. The summed E-state index contributed by atoms with van der Waals surface area (Å²) in [5.41, 5.74) is 0. The minimum absolute atomic E-state index is 0.129. The van der Waals surface area contributed by atoms with Crippen LogP contribution in [0.5, 0.6) is 0 Å². The van der Waals surface area contributed by atoms with Crippen LogP contribution in [-0.4, -0.2) is 62.0 Å². The molecule has 1 amide bonds. The number of likely N-dealkylation sites (N-methyl/N-ethyl adjacent to an activating group) is 1. The fourth-order valence-electron chi connectivity index (χ4n) is 3.35. The van der Waals surface area contributed by atoms with E-state index in [1.807, 2.05) is 0 Å². The van der Waals surface area contributed by atoms with Crippen molar-refractivity contribution in [3.8, 4) is 0 Å². The van der Waals surface area contributed by atoms with E-state index < -0.39 is 0 Å². The van der Waals surface area contributed by atoms with Crippen molar-refractivity contribution < 1.29 is 4.79 Å². The molecule has 1 saturated heterocycles. The lowest BCUT2D eigenvalue weighted by Crippen LogP contribution is -2.43. The first-order chi connectivity index (χ1) is 8.70. The molecule has 1 atom stereocenters. The lowest BCUT2D eigenvalue weighted by Gasteiger charge is -2.34. The number of hydrogen-bond donors (Lipinski definition) is 1. The van der Waals surface area contributed by atoms with E-state index in [2.05, 4.69) is 22.2 Å². The molecular weight excluding hydrogens is 226 g/mol. The third-order valence-electron chi connectivity index (χ3n) is 4.46. The third-order valence-corrected chi connectivity index (χ3v) is 4.46. The van der Waals surface area contributed by atoms with E-state index in [-0.39, 0.29) is 11.8 Å². The van der Waals surface area contributed by atoms with Gasteiger partial charge in [0.05, 0.1) is 5.92 Å². The zero-order valence-electron chi connectivity index (χ0n) is 11.8. The maximum Gasteiger partial charge on any atom is 0.225 e. The summed E-state index contributed by atoms with van der Waals surface area (Å²) in [6.45, 7) is 4.04. The van der Waals surface area contributed by atoms with Gasteiger partial charge in [0.1, 0.15) is 0 Å². The molecule has 1 aliphatic carbocycles. The number of rotatable bonds is 2. The molecule has 0 aromatic carbocycles. The number of amides is 1. The molecule has 0 bridgehead atoms. The summed E-state index contributed by atoms with van der Waals surface area (Å²) in [5.74, 6) is 0.328. The lowest BCUT2D eigenvalue weighted by atomic mass is 9.93. The van der Waals surface area contributed by atoms with E-state index in [1.165, 1.54) is 32.1 Å². The van der Waals surface area contributed by atoms with Gasteiger partial charge in [-0.05, 0) is 19.9 Å². The third kappa shape index (κ3) is 3.45. The minimum atomic E-state index is 0.129. The molecule has 4 nitrogen and oxygen atoms in total. The molecule has 1 aliphatic heterocycles. The van der Waals surface area contributed by atoms with Gasteiger partial charge in [0.25, 0.3) is 0 Å². The van der Waals surface area contributed by atoms with Crippen LogP contribution in [0.4, 0.5) is 0 Å². The lowest BCUT2D eigenvalue weighted by molar-refractivity contribution is -0.125. The second-order valence-electron chi connectivity index (χ2n) is 5.86. The molecule has 1 saturated carbocycles. The van der Waals surface area contributed by atoms with Crippen molar-refractivity contribution in [2.45, 2.75) is 38.1 Å². The van der Waals surface area contributed by atoms with Crippen molar-refractivity contribution in [2.24, 2.45) is 5.92 Å². The molecule has 2 rings (SSSR count). The summed E-state index contributed by atoms with van der Waals surface area (Å²) in [5, 5.41) is 2.81. The summed E-state index contributed by atoms with van der Waals surface area (Å²) in [4.78, 5) is 16.8. The maximum absolute atomic E-state index is 11.9. The highest BCUT2D eigenvalue weighted by Gasteiger charge is 2.30. The van der Waals surface area contributed by atoms with Gasteiger partial charge in [0, 0.05) is 39.3 Å². The van der Waals surface area contributed by atoms with Gasteiger partial charge in [0.15, 0.2) is 0 Å². The van der Waals surface area contributed by atoms with E-state index in [0.29, 0.717) is 0 Å². The molecule has 2 aliphatic rings. The Morgan fingerprint density at radius 2 is 1.83 bits per heavy atom. The van der Waals surface area contributed by atoms with Crippen molar-refractivity contribution in [3.63, 3.8) is 0 Å². The molecule has 104 valence electrons. The standard InChI is InChI=1S/C14H27N3O/c1-15-14(18)12-10-16(2)8-9-17(11-12)13-6-4-3-5-7-13/h12-13H,3-11H2,1-2H3,(H,15,18)/t12-/m1/s1. The molecule has 0 radical (unpaired) electrons. The van der Waals surface area contributed by atoms with Crippen LogP contribution in [0.1, 0.15) is 32.1 Å². The fraction of sp³-hybridized carbons (Fsp3) is 0.929. The Morgan fingerprint density at radius 3 is 2.50 bits per heavy atom. The van der Waals surface area contributed by atoms with E-state index in [4.69, 9.17) is 0 Å². The number of carbonyl (C=O) groups excluding carboxylic acids is 1. The number of nitrogens with zero attached hydrogens (tertiary/aromatic N) is 2. The second-order valence-corrected chi connectivity index (χ2v) is 5.86. The van der Waals surface area contributed by atoms with Crippen LogP contribution in [0.2, 0.25) is 0 Å². The molecule has 0 unspecified atom stereocenters. The predicted molar refractivity (Wildman–Crippen MR) is 73.5 cm³/mol. The van der Waals surface area contributed by atoms with E-state index in [0.717, 1.165) is 32.2 Å². The zero-order valence-corrected chi connectivity index (χ0v) is 11.8. The highest BCUT2D eigenvalue weighted by Crippen LogP contribution is 2.24. The first kappa shape index (κ1) is 13.8. The van der Waals surface area contributed by atoms with Gasteiger partial charge in [-0.1, -0.05) is 19.3 Å². The first-order valence-electron chi connectivity index (χ1n) is 7.35. The molecule has 0 spiro atoms. The summed E-state index contributed by atoms with van der Waals surface area (Å²) in [6, 6.07) is 0.720. The zero-order chi connectivity index (χ0) is 13.0. The molecule has 2 fully saturated rings. The van der Waals surface area contributed by atoms with Crippen molar-refractivity contribution in [2.75, 3.05) is 40.3 Å². The van der Waals surface area contributed by atoms with Crippen molar-refractivity contribution >= 4 is 5.91 Å². The Labute approximate surface area is 111 Å². The molecule has 4 heteroatoms. The first-order valence-corrected chi connectivity index (χ1v) is 7.35. The Kier molecular flexibility index (Phi) is 5.01. The Hall–Kier alpha value is -0.610. The van der Waals surface area contributed by atoms with Crippen LogP contribution in [0.3, 0.4) is 0 Å². The topological polar surface area (TPSA) is 35.6 Å². The van der Waals surface area contributed by atoms with Crippen molar-refractivity contribution in [3.05, 3.63) is 0 Å². The number of nitrogens with one attached hydrogen (secondary N) is 1. The normalized spacial score (nSPS) is 28.9. The van der Waals surface area contributed by atoms with Crippen LogP contribution in [0, 0.1) is 5.92 Å². The summed E-state index contributed by atoms with van der Waals surface area (Å²) in [6.07, 6.45) is 6.76. The van der Waals surface area contributed by atoms with Crippen LogP contribution in [-0.2, 0) is 4.79 Å². The largest absolute Gasteiger partial charge is 0.359 e. The van der Waals surface area contributed by atoms with E-state index in [9.17, 15) is 4.79 Å². The van der Waals surface area contributed by atoms with E-state index >= 15 is 0 Å². The Bertz CT molecular complexity index is 276. The summed E-state index contributed by atoms with van der Waals surface area (Å²) >= 11 is 0. The van der Waals surface area contributed by atoms with E-state index in [1.54, 1.807) is 7.05 Å². The molecule has 1 heterocycles.